The van der Waals surface area contributed by atoms with Gasteiger partial charge in [0.25, 0.3) is 0 Å². The van der Waals surface area contributed by atoms with Gasteiger partial charge >= 0.3 is 0 Å². The highest BCUT2D eigenvalue weighted by Gasteiger charge is 2.17. The summed E-state index contributed by atoms with van der Waals surface area (Å²) in [6.07, 6.45) is 63.5. The number of aliphatic hydroxyl groups excluding tert-OH is 2. The van der Waals surface area contributed by atoms with Crippen molar-refractivity contribution in [2.75, 3.05) is 6.61 Å². The van der Waals surface area contributed by atoms with Crippen molar-refractivity contribution >= 4 is 5.91 Å². The minimum Gasteiger partial charge on any atom is -0.394 e. The summed E-state index contributed by atoms with van der Waals surface area (Å²) in [7, 11) is 0. The molecule has 0 aliphatic heterocycles. The Morgan fingerprint density at radius 3 is 1.22 bits per heavy atom. The van der Waals surface area contributed by atoms with Crippen LogP contribution in [0.3, 0.4) is 0 Å². The molecule has 3 N–H and O–H groups in total. The van der Waals surface area contributed by atoms with Crippen LogP contribution in [0.4, 0.5) is 0 Å². The first kappa shape index (κ1) is 52.1. The highest BCUT2D eigenvalue weighted by Crippen LogP contribution is 2.16. The predicted octanol–water partition coefficient (Wildman–Crippen LogP) is 14.9. The van der Waals surface area contributed by atoms with E-state index in [1.54, 1.807) is 6.08 Å². The first-order valence-corrected chi connectivity index (χ1v) is 23.5. The summed E-state index contributed by atoms with van der Waals surface area (Å²) < 4.78 is 0. The second-order valence-electron chi connectivity index (χ2n) is 15.8. The average Bonchev–Trinajstić information content (AvgIpc) is 3.18. The molecule has 0 aromatic carbocycles. The van der Waals surface area contributed by atoms with Crippen molar-refractivity contribution in [3.8, 4) is 0 Å². The van der Waals surface area contributed by atoms with Gasteiger partial charge in [-0.05, 0) is 57.8 Å². The number of hydrogen-bond acceptors (Lipinski definition) is 3. The molecule has 0 rings (SSSR count). The van der Waals surface area contributed by atoms with Crippen LogP contribution in [-0.2, 0) is 4.79 Å². The van der Waals surface area contributed by atoms with Gasteiger partial charge in [-0.2, -0.15) is 0 Å². The van der Waals surface area contributed by atoms with E-state index in [9.17, 15) is 15.0 Å². The summed E-state index contributed by atoms with van der Waals surface area (Å²) >= 11 is 0. The van der Waals surface area contributed by atoms with Crippen molar-refractivity contribution in [1.82, 2.24) is 5.32 Å². The Labute approximate surface area is 336 Å². The fourth-order valence-electron chi connectivity index (χ4n) is 6.93. The second-order valence-corrected chi connectivity index (χ2v) is 15.8. The molecule has 0 bridgehead atoms. The minimum atomic E-state index is -0.859. The third kappa shape index (κ3) is 41.3. The molecule has 0 radical (unpaired) electrons. The Morgan fingerprint density at radius 1 is 0.463 bits per heavy atom. The Bertz CT molecular complexity index is 904. The number of carbonyl (C=O) groups is 1. The standard InChI is InChI=1S/C50H91NO3/c1-3-5-7-9-11-13-15-17-19-20-21-22-23-24-25-26-27-28-29-30-32-33-35-37-39-41-43-45-49(53)48(47-52)51-50(54)46-44-42-40-38-36-34-31-18-16-14-12-10-8-6-4-2/h6,8,12,14,18,31,36,38,43,45,48-49,52-53H,3-5,7,9-11,13,15-17,19-30,32-35,37,39-42,44,46-47H2,1-2H3,(H,51,54)/b8-6-,14-12-,31-18-,38-36-,45-43+. The number of nitrogens with one attached hydrogen (secondary N) is 1. The Morgan fingerprint density at radius 2 is 0.815 bits per heavy atom. The molecule has 4 heteroatoms. The average molecular weight is 754 g/mol. The van der Waals surface area contributed by atoms with Crippen LogP contribution >= 0.6 is 0 Å². The normalized spacial score (nSPS) is 13.5. The Kier molecular flexibility index (Phi) is 43.9. The van der Waals surface area contributed by atoms with E-state index in [4.69, 9.17) is 0 Å². The number of hydrogen-bond donors (Lipinski definition) is 3. The van der Waals surface area contributed by atoms with Crippen molar-refractivity contribution in [2.45, 2.75) is 244 Å². The molecule has 0 aromatic rings. The Balaban J connectivity index is 3.55. The van der Waals surface area contributed by atoms with Crippen LogP contribution in [0.25, 0.3) is 0 Å². The van der Waals surface area contributed by atoms with E-state index in [0.717, 1.165) is 57.8 Å². The lowest BCUT2D eigenvalue weighted by Gasteiger charge is -2.19. The molecule has 4 nitrogen and oxygen atoms in total. The van der Waals surface area contributed by atoms with Gasteiger partial charge in [-0.1, -0.05) is 229 Å². The van der Waals surface area contributed by atoms with Crippen LogP contribution in [0.5, 0.6) is 0 Å². The molecule has 0 heterocycles. The number of rotatable bonds is 42. The van der Waals surface area contributed by atoms with E-state index in [1.165, 1.54) is 154 Å². The number of carbonyl (C=O) groups excluding carboxylic acids is 1. The molecular formula is C50H91NO3. The van der Waals surface area contributed by atoms with E-state index in [1.807, 2.05) is 6.08 Å². The summed E-state index contributed by atoms with van der Waals surface area (Å²) in [5.74, 6) is -0.105. The smallest absolute Gasteiger partial charge is 0.220 e. The zero-order chi connectivity index (χ0) is 39.3. The highest BCUT2D eigenvalue weighted by atomic mass is 16.3. The lowest BCUT2D eigenvalue weighted by Crippen LogP contribution is -2.45. The van der Waals surface area contributed by atoms with E-state index in [0.29, 0.717) is 6.42 Å². The molecule has 1 amide bonds. The lowest BCUT2D eigenvalue weighted by molar-refractivity contribution is -0.123. The number of aliphatic hydroxyl groups is 2. The molecule has 0 saturated heterocycles. The lowest BCUT2D eigenvalue weighted by atomic mass is 10.0. The zero-order valence-electron chi connectivity index (χ0n) is 36.0. The molecule has 0 aliphatic rings. The van der Waals surface area contributed by atoms with E-state index >= 15 is 0 Å². The van der Waals surface area contributed by atoms with Gasteiger partial charge in [0.15, 0.2) is 0 Å². The van der Waals surface area contributed by atoms with Gasteiger partial charge in [-0.25, -0.2) is 0 Å². The van der Waals surface area contributed by atoms with Gasteiger partial charge in [0.2, 0.25) is 5.91 Å². The molecule has 2 atom stereocenters. The van der Waals surface area contributed by atoms with Crippen molar-refractivity contribution in [3.63, 3.8) is 0 Å². The number of unbranched alkanes of at least 4 members (excludes halogenated alkanes) is 27. The van der Waals surface area contributed by atoms with E-state index < -0.39 is 12.1 Å². The highest BCUT2D eigenvalue weighted by molar-refractivity contribution is 5.76. The van der Waals surface area contributed by atoms with Crippen LogP contribution in [0.1, 0.15) is 232 Å². The third-order valence-corrected chi connectivity index (χ3v) is 10.5. The van der Waals surface area contributed by atoms with E-state index in [-0.39, 0.29) is 12.5 Å². The SMILES string of the molecule is CC/C=C\C/C=C\C/C=C\C/C=C\CCCCC(=O)NC(CO)C(O)/C=C/CCCCCCCCCCCCCCCCCCCCCCCCCCC. The summed E-state index contributed by atoms with van der Waals surface area (Å²) in [5, 5.41) is 23.0. The molecule has 0 spiro atoms. The van der Waals surface area contributed by atoms with Gasteiger partial charge < -0.3 is 15.5 Å². The van der Waals surface area contributed by atoms with Crippen LogP contribution in [0.15, 0.2) is 60.8 Å². The summed E-state index contributed by atoms with van der Waals surface area (Å²) in [4.78, 5) is 12.4. The van der Waals surface area contributed by atoms with Gasteiger partial charge in [-0.15, -0.1) is 0 Å². The van der Waals surface area contributed by atoms with Crippen LogP contribution in [0.2, 0.25) is 0 Å². The molecule has 0 aliphatic carbocycles. The van der Waals surface area contributed by atoms with Gasteiger partial charge in [0.1, 0.15) is 0 Å². The minimum absolute atomic E-state index is 0.105. The molecular weight excluding hydrogens is 663 g/mol. The largest absolute Gasteiger partial charge is 0.394 e. The molecule has 0 fully saturated rings. The monoisotopic (exact) mass is 754 g/mol. The van der Waals surface area contributed by atoms with Crippen LogP contribution in [-0.4, -0.2) is 34.9 Å². The van der Waals surface area contributed by atoms with Gasteiger partial charge in [0, 0.05) is 6.42 Å². The van der Waals surface area contributed by atoms with Crippen LogP contribution < -0.4 is 5.32 Å². The molecule has 314 valence electrons. The molecule has 0 aromatic heterocycles. The van der Waals surface area contributed by atoms with Crippen molar-refractivity contribution in [2.24, 2.45) is 0 Å². The summed E-state index contributed by atoms with van der Waals surface area (Å²) in [6.45, 7) is 4.18. The summed E-state index contributed by atoms with van der Waals surface area (Å²) in [5.41, 5.74) is 0. The van der Waals surface area contributed by atoms with Crippen molar-refractivity contribution in [1.29, 1.82) is 0 Å². The fourth-order valence-corrected chi connectivity index (χ4v) is 6.93. The van der Waals surface area contributed by atoms with E-state index in [2.05, 4.69) is 67.8 Å². The maximum absolute atomic E-state index is 12.4. The van der Waals surface area contributed by atoms with Gasteiger partial charge in [0.05, 0.1) is 18.8 Å². The van der Waals surface area contributed by atoms with Gasteiger partial charge in [-0.3, -0.25) is 4.79 Å². The quantitative estimate of drug-likeness (QED) is 0.0429. The second kappa shape index (κ2) is 45.5. The molecule has 2 unspecified atom stereocenters. The Hall–Kier alpha value is -1.91. The maximum Gasteiger partial charge on any atom is 0.220 e. The predicted molar refractivity (Wildman–Crippen MR) is 239 cm³/mol. The van der Waals surface area contributed by atoms with Crippen molar-refractivity contribution < 1.29 is 15.0 Å². The number of amides is 1. The third-order valence-electron chi connectivity index (χ3n) is 10.5. The maximum atomic E-state index is 12.4. The zero-order valence-corrected chi connectivity index (χ0v) is 36.0. The topological polar surface area (TPSA) is 69.6 Å². The summed E-state index contributed by atoms with van der Waals surface area (Å²) in [6, 6.07) is -0.646. The van der Waals surface area contributed by atoms with Crippen LogP contribution in [0, 0.1) is 0 Å². The fraction of sp³-hybridized carbons (Fsp3) is 0.780. The first-order chi connectivity index (χ1) is 26.7. The van der Waals surface area contributed by atoms with Crippen molar-refractivity contribution in [3.05, 3.63) is 60.8 Å². The number of allylic oxidation sites excluding steroid dienone is 9. The first-order valence-electron chi connectivity index (χ1n) is 23.5. The molecule has 0 saturated carbocycles. The molecule has 54 heavy (non-hydrogen) atoms.